The smallest absolute Gasteiger partial charge is 0.0979 e. The molecular formula is C44H28N6. The van der Waals surface area contributed by atoms with E-state index in [4.69, 9.17) is 19.9 Å². The lowest BCUT2D eigenvalue weighted by Gasteiger charge is -2.13. The lowest BCUT2D eigenvalue weighted by Crippen LogP contribution is -2.02. The Balaban J connectivity index is 0.827. The van der Waals surface area contributed by atoms with Gasteiger partial charge in [0, 0.05) is 62.9 Å². The summed E-state index contributed by atoms with van der Waals surface area (Å²) in [6.45, 7) is 1.44. The van der Waals surface area contributed by atoms with Crippen molar-refractivity contribution in [1.29, 1.82) is 0 Å². The first-order valence-electron chi connectivity index (χ1n) is 17.0. The van der Waals surface area contributed by atoms with Crippen LogP contribution in [0, 0.1) is 0 Å². The molecule has 0 unspecified atom stereocenters. The molecular weight excluding hydrogens is 613 g/mol. The Labute approximate surface area is 287 Å². The number of fused-ring (bicyclic) bond motifs is 8. The van der Waals surface area contributed by atoms with Gasteiger partial charge in [-0.2, -0.15) is 0 Å². The molecule has 2 aliphatic rings. The predicted octanol–water partition coefficient (Wildman–Crippen LogP) is 10.4. The zero-order chi connectivity index (χ0) is 32.8. The van der Waals surface area contributed by atoms with Crippen LogP contribution in [0.1, 0.15) is 11.1 Å². The third-order valence-electron chi connectivity index (χ3n) is 10.3. The summed E-state index contributed by atoms with van der Waals surface area (Å²) in [5.74, 6) is 0. The van der Waals surface area contributed by atoms with E-state index in [-0.39, 0.29) is 0 Å². The molecule has 0 radical (unpaired) electrons. The van der Waals surface area contributed by atoms with Gasteiger partial charge in [0.05, 0.1) is 44.8 Å². The van der Waals surface area contributed by atoms with Gasteiger partial charge in [0.25, 0.3) is 0 Å². The van der Waals surface area contributed by atoms with E-state index in [0.29, 0.717) is 0 Å². The van der Waals surface area contributed by atoms with Crippen LogP contribution in [0.5, 0.6) is 0 Å². The molecule has 0 amide bonds. The Morgan fingerprint density at radius 1 is 0.380 bits per heavy atom. The zero-order valence-corrected chi connectivity index (χ0v) is 26.9. The summed E-state index contributed by atoms with van der Waals surface area (Å²) in [6, 6.07) is 46.7. The lowest BCUT2D eigenvalue weighted by atomic mass is 9.99. The molecule has 234 valence electrons. The van der Waals surface area contributed by atoms with Crippen molar-refractivity contribution in [3.63, 3.8) is 0 Å². The Bertz CT molecular complexity index is 2580. The van der Waals surface area contributed by atoms with Crippen LogP contribution < -0.4 is 10.6 Å². The molecule has 11 rings (SSSR count). The highest BCUT2D eigenvalue weighted by molar-refractivity contribution is 6.17. The Morgan fingerprint density at radius 2 is 0.880 bits per heavy atom. The number of rotatable bonds is 6. The number of nitrogens with zero attached hydrogens (tertiary/aromatic N) is 4. The second-order valence-electron chi connectivity index (χ2n) is 13.1. The van der Waals surface area contributed by atoms with Gasteiger partial charge in [-0.15, -0.1) is 0 Å². The quantitative estimate of drug-likeness (QED) is 0.188. The number of nitrogens with one attached hydrogen (secondary N) is 2. The molecule has 2 N–H and O–H groups in total. The summed E-state index contributed by atoms with van der Waals surface area (Å²) in [7, 11) is 0. The van der Waals surface area contributed by atoms with Crippen LogP contribution in [-0.2, 0) is 13.1 Å². The van der Waals surface area contributed by atoms with Crippen LogP contribution in [0.2, 0.25) is 0 Å². The van der Waals surface area contributed by atoms with E-state index in [1.807, 2.05) is 48.5 Å². The largest absolute Gasteiger partial charge is 0.381 e. The van der Waals surface area contributed by atoms with Crippen molar-refractivity contribution >= 4 is 55.0 Å². The first kappa shape index (κ1) is 27.3. The highest BCUT2D eigenvalue weighted by Gasteiger charge is 2.27. The Kier molecular flexibility index (Phi) is 5.69. The van der Waals surface area contributed by atoms with Crippen LogP contribution in [0.4, 0.5) is 11.4 Å². The van der Waals surface area contributed by atoms with Crippen LogP contribution in [-0.4, -0.2) is 19.9 Å². The molecule has 2 aromatic heterocycles. The number of hydrogen-bond donors (Lipinski definition) is 2. The van der Waals surface area contributed by atoms with Gasteiger partial charge in [-0.3, -0.25) is 0 Å². The summed E-state index contributed by atoms with van der Waals surface area (Å²) in [6.07, 6.45) is 0. The molecule has 0 atom stereocenters. The lowest BCUT2D eigenvalue weighted by molar-refractivity contribution is 1.14. The topological polar surface area (TPSA) is 75.6 Å². The molecule has 0 aliphatic heterocycles. The number of benzene rings is 7. The van der Waals surface area contributed by atoms with Crippen molar-refractivity contribution in [2.45, 2.75) is 13.1 Å². The van der Waals surface area contributed by atoms with Crippen molar-refractivity contribution in [3.05, 3.63) is 145 Å². The van der Waals surface area contributed by atoms with E-state index in [9.17, 15) is 0 Å². The molecule has 0 fully saturated rings. The third kappa shape index (κ3) is 4.02. The van der Waals surface area contributed by atoms with Gasteiger partial charge in [-0.05, 0) is 59.0 Å². The van der Waals surface area contributed by atoms with E-state index < -0.39 is 0 Å². The predicted molar refractivity (Wildman–Crippen MR) is 204 cm³/mol. The standard InChI is InChI=1S/C44H28N6/c1-3-13-37-35(11-1)47-41-30-9-5-7-28-26(17-20-32(39(28)30)43(41)49-37)24-45-27-18-15-25(16-19-27)23-46-34-22-21-33-40-29(34)8-6-10-31(40)42-44(33)50-38-14-4-2-12-36(38)48-42/h1-22,45-46H,23-24H2. The van der Waals surface area contributed by atoms with Crippen molar-refractivity contribution in [2.75, 3.05) is 10.6 Å². The number of hydrogen-bond acceptors (Lipinski definition) is 6. The van der Waals surface area contributed by atoms with E-state index >= 15 is 0 Å². The fourth-order valence-corrected chi connectivity index (χ4v) is 7.86. The summed E-state index contributed by atoms with van der Waals surface area (Å²) in [5, 5.41) is 12.3. The van der Waals surface area contributed by atoms with Crippen LogP contribution in [0.25, 0.3) is 88.6 Å². The van der Waals surface area contributed by atoms with Gasteiger partial charge >= 0.3 is 0 Å². The van der Waals surface area contributed by atoms with Gasteiger partial charge in [0.1, 0.15) is 0 Å². The van der Waals surface area contributed by atoms with Crippen LogP contribution in [0.15, 0.2) is 133 Å². The highest BCUT2D eigenvalue weighted by Crippen LogP contribution is 2.48. The molecule has 9 aromatic rings. The molecule has 0 saturated heterocycles. The molecule has 50 heavy (non-hydrogen) atoms. The summed E-state index contributed by atoms with van der Waals surface area (Å²) in [5.41, 5.74) is 16.9. The fourth-order valence-electron chi connectivity index (χ4n) is 7.86. The number of aromatic nitrogens is 4. The van der Waals surface area contributed by atoms with Crippen LogP contribution >= 0.6 is 0 Å². The van der Waals surface area contributed by atoms with Gasteiger partial charge in [0.15, 0.2) is 0 Å². The zero-order valence-electron chi connectivity index (χ0n) is 26.9. The van der Waals surface area contributed by atoms with Crippen molar-refractivity contribution in [2.24, 2.45) is 0 Å². The second-order valence-corrected chi connectivity index (χ2v) is 13.1. The van der Waals surface area contributed by atoms with E-state index in [1.54, 1.807) is 0 Å². The molecule has 6 nitrogen and oxygen atoms in total. The first-order valence-corrected chi connectivity index (χ1v) is 17.0. The van der Waals surface area contributed by atoms with Gasteiger partial charge < -0.3 is 10.6 Å². The minimum atomic E-state index is 0.721. The SMILES string of the molecule is c1ccc2nc3c(nc2c1)-c1cccc2c(CNc4ccc(CNc5ccc6c7c(cccc57)-c5nc7ccccc7nc5-6)cc4)ccc-3c12. The summed E-state index contributed by atoms with van der Waals surface area (Å²) >= 11 is 0. The Morgan fingerprint density at radius 3 is 1.46 bits per heavy atom. The highest BCUT2D eigenvalue weighted by atomic mass is 14.9. The molecule has 7 aromatic carbocycles. The van der Waals surface area contributed by atoms with Crippen molar-refractivity contribution < 1.29 is 0 Å². The Hall–Kier alpha value is -6.66. The van der Waals surface area contributed by atoms with Crippen LogP contribution in [0.3, 0.4) is 0 Å². The number of para-hydroxylation sites is 4. The van der Waals surface area contributed by atoms with Crippen molar-refractivity contribution in [3.8, 4) is 45.0 Å². The maximum atomic E-state index is 5.02. The second kappa shape index (κ2) is 10.4. The summed E-state index contributed by atoms with van der Waals surface area (Å²) < 4.78 is 0. The monoisotopic (exact) mass is 640 g/mol. The van der Waals surface area contributed by atoms with Gasteiger partial charge in [-0.25, -0.2) is 19.9 Å². The molecule has 0 saturated carbocycles. The van der Waals surface area contributed by atoms with Gasteiger partial charge in [-0.1, -0.05) is 91.0 Å². The summed E-state index contributed by atoms with van der Waals surface area (Å²) in [4.78, 5) is 20.1. The normalized spacial score (nSPS) is 12.2. The van der Waals surface area contributed by atoms with E-state index in [1.165, 1.54) is 32.7 Å². The van der Waals surface area contributed by atoms with E-state index in [0.717, 1.165) is 91.6 Å². The first-order chi connectivity index (χ1) is 24.8. The minimum absolute atomic E-state index is 0.721. The molecule has 0 spiro atoms. The van der Waals surface area contributed by atoms with Gasteiger partial charge in [0.2, 0.25) is 0 Å². The molecule has 0 bridgehead atoms. The maximum Gasteiger partial charge on any atom is 0.0979 e. The molecule has 6 heteroatoms. The average molecular weight is 641 g/mol. The maximum absolute atomic E-state index is 5.02. The fraction of sp³-hybridized carbons (Fsp3) is 0.0455. The van der Waals surface area contributed by atoms with E-state index in [2.05, 4.69) is 95.6 Å². The van der Waals surface area contributed by atoms with Crippen molar-refractivity contribution in [1.82, 2.24) is 19.9 Å². The molecule has 2 aliphatic carbocycles. The average Bonchev–Trinajstić information content (AvgIpc) is 3.66. The third-order valence-corrected chi connectivity index (χ3v) is 10.3. The minimum Gasteiger partial charge on any atom is -0.381 e. The molecule has 2 heterocycles. The number of anilines is 2.